The molecule has 6 heteroatoms. The summed E-state index contributed by atoms with van der Waals surface area (Å²) < 4.78 is 17.7. The van der Waals surface area contributed by atoms with E-state index in [1.165, 1.54) is 7.11 Å². The Kier molecular flexibility index (Phi) is 6.45. The van der Waals surface area contributed by atoms with Crippen LogP contribution in [0.25, 0.3) is 22.5 Å². The molecule has 0 unspecified atom stereocenters. The van der Waals surface area contributed by atoms with Crippen molar-refractivity contribution in [3.63, 3.8) is 0 Å². The van der Waals surface area contributed by atoms with Crippen molar-refractivity contribution >= 4 is 5.97 Å². The minimum Gasteiger partial charge on any atom is -0.497 e. The fourth-order valence-electron chi connectivity index (χ4n) is 3.88. The monoisotopic (exact) mass is 442 g/mol. The van der Waals surface area contributed by atoms with E-state index in [1.807, 2.05) is 59.3 Å². The lowest BCUT2D eigenvalue weighted by atomic mass is 10.0. The van der Waals surface area contributed by atoms with Crippen molar-refractivity contribution in [1.29, 1.82) is 0 Å². The van der Waals surface area contributed by atoms with Crippen molar-refractivity contribution in [1.82, 2.24) is 9.78 Å². The van der Waals surface area contributed by atoms with Crippen LogP contribution in [0.4, 0.5) is 0 Å². The van der Waals surface area contributed by atoms with Gasteiger partial charge in [-0.2, -0.15) is 5.10 Å². The van der Waals surface area contributed by atoms with Crippen LogP contribution in [0, 0.1) is 6.92 Å². The van der Waals surface area contributed by atoms with Crippen LogP contribution in [0.1, 0.15) is 21.5 Å². The van der Waals surface area contributed by atoms with E-state index in [1.54, 1.807) is 26.4 Å². The Morgan fingerprint density at radius 1 is 0.848 bits per heavy atom. The molecule has 0 N–H and O–H groups in total. The first kappa shape index (κ1) is 22.1. The van der Waals surface area contributed by atoms with E-state index < -0.39 is 0 Å². The minimum atomic E-state index is -0.353. The van der Waals surface area contributed by atoms with E-state index in [0.29, 0.717) is 12.1 Å². The second-order valence-corrected chi connectivity index (χ2v) is 7.63. The average Bonchev–Trinajstić information content (AvgIpc) is 3.19. The number of benzene rings is 3. The number of aromatic nitrogens is 2. The molecule has 6 nitrogen and oxygen atoms in total. The summed E-state index contributed by atoms with van der Waals surface area (Å²) in [5.41, 5.74) is 6.48. The Labute approximate surface area is 193 Å². The Bertz CT molecular complexity index is 1280. The molecule has 4 aromatic rings. The third-order valence-electron chi connectivity index (χ3n) is 5.58. The van der Waals surface area contributed by atoms with Gasteiger partial charge in [-0.15, -0.1) is 0 Å². The first-order valence-corrected chi connectivity index (χ1v) is 10.6. The molecule has 1 aromatic heterocycles. The molecule has 0 spiro atoms. The molecule has 0 atom stereocenters. The van der Waals surface area contributed by atoms with Crippen molar-refractivity contribution in [3.8, 4) is 34.0 Å². The van der Waals surface area contributed by atoms with Crippen LogP contribution in [0.2, 0.25) is 0 Å². The highest BCUT2D eigenvalue weighted by molar-refractivity contribution is 5.89. The first-order valence-electron chi connectivity index (χ1n) is 10.6. The van der Waals surface area contributed by atoms with Gasteiger partial charge in [-0.1, -0.05) is 36.4 Å². The van der Waals surface area contributed by atoms with Crippen molar-refractivity contribution in [2.45, 2.75) is 13.5 Å². The first-order chi connectivity index (χ1) is 16.0. The maximum absolute atomic E-state index is 11.8. The zero-order valence-corrected chi connectivity index (χ0v) is 19.2. The second kappa shape index (κ2) is 9.61. The van der Waals surface area contributed by atoms with Gasteiger partial charge < -0.3 is 14.2 Å². The molecule has 0 aliphatic rings. The Hall–Kier alpha value is -4.06. The molecule has 0 radical (unpaired) electrons. The van der Waals surface area contributed by atoms with Gasteiger partial charge in [0.05, 0.1) is 44.8 Å². The largest absolute Gasteiger partial charge is 0.497 e. The highest BCUT2D eigenvalue weighted by atomic mass is 16.5. The Morgan fingerprint density at radius 3 is 2.06 bits per heavy atom. The smallest absolute Gasteiger partial charge is 0.337 e. The number of nitrogens with zero attached hydrogens (tertiary/aromatic N) is 2. The van der Waals surface area contributed by atoms with Crippen molar-refractivity contribution < 1.29 is 19.0 Å². The highest BCUT2D eigenvalue weighted by Crippen LogP contribution is 2.34. The predicted octanol–water partition coefficient (Wildman–Crippen LogP) is 5.38. The molecule has 0 aliphatic carbocycles. The van der Waals surface area contributed by atoms with E-state index in [0.717, 1.165) is 45.1 Å². The molecule has 0 saturated heterocycles. The van der Waals surface area contributed by atoms with E-state index in [4.69, 9.17) is 19.3 Å². The number of esters is 1. The van der Waals surface area contributed by atoms with Crippen molar-refractivity contribution in [2.75, 3.05) is 21.3 Å². The lowest BCUT2D eigenvalue weighted by molar-refractivity contribution is 0.0600. The van der Waals surface area contributed by atoms with Crippen molar-refractivity contribution in [3.05, 3.63) is 89.5 Å². The summed E-state index contributed by atoms with van der Waals surface area (Å²) in [6, 6.07) is 23.2. The van der Waals surface area contributed by atoms with Crippen molar-refractivity contribution in [2.24, 2.45) is 0 Å². The van der Waals surface area contributed by atoms with Gasteiger partial charge in [0.15, 0.2) is 0 Å². The zero-order chi connectivity index (χ0) is 23.4. The lowest BCUT2D eigenvalue weighted by Gasteiger charge is -2.10. The summed E-state index contributed by atoms with van der Waals surface area (Å²) in [6.07, 6.45) is 0. The predicted molar refractivity (Wildman–Crippen MR) is 128 cm³/mol. The van der Waals surface area contributed by atoms with Crippen LogP contribution in [0.5, 0.6) is 11.5 Å². The molecule has 0 aliphatic heterocycles. The molecule has 0 fully saturated rings. The molecule has 1 heterocycles. The topological polar surface area (TPSA) is 62.6 Å². The molecular formula is C27H26N2O4. The van der Waals surface area contributed by atoms with Gasteiger partial charge in [0.1, 0.15) is 11.5 Å². The van der Waals surface area contributed by atoms with Crippen LogP contribution >= 0.6 is 0 Å². The number of rotatable bonds is 7. The number of ether oxygens (including phenoxy) is 3. The number of methoxy groups -OCH3 is 3. The summed E-state index contributed by atoms with van der Waals surface area (Å²) in [4.78, 5) is 11.8. The van der Waals surface area contributed by atoms with Gasteiger partial charge >= 0.3 is 5.97 Å². The summed E-state index contributed by atoms with van der Waals surface area (Å²) in [7, 11) is 4.70. The van der Waals surface area contributed by atoms with Crippen LogP contribution in [0.15, 0.2) is 72.8 Å². The van der Waals surface area contributed by atoms with E-state index in [2.05, 4.69) is 13.0 Å². The second-order valence-electron chi connectivity index (χ2n) is 7.63. The summed E-state index contributed by atoms with van der Waals surface area (Å²) in [6.45, 7) is 2.62. The molecule has 3 aromatic carbocycles. The molecule has 0 bridgehead atoms. The van der Waals surface area contributed by atoms with Crippen LogP contribution < -0.4 is 9.47 Å². The SMILES string of the molecule is COC(=O)c1ccc(Cn2nc(-c3cccc(OC)c3)c(C)c2-c2cccc(OC)c2)cc1. The molecule has 33 heavy (non-hydrogen) atoms. The standard InChI is InChI=1S/C27H26N2O4/c1-18-25(21-7-5-9-23(15-21)31-2)28-29(26(18)22-8-6-10-24(16-22)32-3)17-19-11-13-20(14-12-19)27(30)33-4/h5-16H,17H2,1-4H3. The Morgan fingerprint density at radius 2 is 1.45 bits per heavy atom. The zero-order valence-electron chi connectivity index (χ0n) is 19.2. The quantitative estimate of drug-likeness (QED) is 0.360. The van der Waals surface area contributed by atoms with Gasteiger partial charge in [0.25, 0.3) is 0 Å². The van der Waals surface area contributed by atoms with Crippen LogP contribution in [0.3, 0.4) is 0 Å². The minimum absolute atomic E-state index is 0.353. The summed E-state index contributed by atoms with van der Waals surface area (Å²) in [5, 5.41) is 4.98. The molecular weight excluding hydrogens is 416 g/mol. The average molecular weight is 443 g/mol. The van der Waals surface area contributed by atoms with Gasteiger partial charge in [0.2, 0.25) is 0 Å². The summed E-state index contributed by atoms with van der Waals surface area (Å²) in [5.74, 6) is 1.21. The van der Waals surface area contributed by atoms with Crippen LogP contribution in [-0.4, -0.2) is 37.1 Å². The van der Waals surface area contributed by atoms with Gasteiger partial charge in [-0.25, -0.2) is 4.79 Å². The number of hydrogen-bond donors (Lipinski definition) is 0. The third-order valence-corrected chi connectivity index (χ3v) is 5.58. The highest BCUT2D eigenvalue weighted by Gasteiger charge is 2.19. The maximum atomic E-state index is 11.8. The fraction of sp³-hybridized carbons (Fsp3) is 0.185. The summed E-state index contributed by atoms with van der Waals surface area (Å²) >= 11 is 0. The number of carbonyl (C=O) groups excluding carboxylic acids is 1. The van der Waals surface area contributed by atoms with Crippen LogP contribution in [-0.2, 0) is 11.3 Å². The lowest BCUT2D eigenvalue weighted by Crippen LogP contribution is -2.06. The molecule has 168 valence electrons. The normalized spacial score (nSPS) is 10.7. The van der Waals surface area contributed by atoms with Gasteiger partial charge in [-0.05, 0) is 48.9 Å². The molecule has 4 rings (SSSR count). The molecule has 0 saturated carbocycles. The van der Waals surface area contributed by atoms with Gasteiger partial charge in [0, 0.05) is 16.7 Å². The van der Waals surface area contributed by atoms with E-state index >= 15 is 0 Å². The number of hydrogen-bond acceptors (Lipinski definition) is 5. The fourth-order valence-corrected chi connectivity index (χ4v) is 3.88. The molecule has 0 amide bonds. The number of carbonyl (C=O) groups is 1. The maximum Gasteiger partial charge on any atom is 0.337 e. The van der Waals surface area contributed by atoms with E-state index in [9.17, 15) is 4.79 Å². The third kappa shape index (κ3) is 4.60. The van der Waals surface area contributed by atoms with Gasteiger partial charge in [-0.3, -0.25) is 4.68 Å². The Balaban J connectivity index is 1.81. The van der Waals surface area contributed by atoms with E-state index in [-0.39, 0.29) is 5.97 Å².